The van der Waals surface area contributed by atoms with Crippen molar-refractivity contribution in [3.8, 4) is 0 Å². The first kappa shape index (κ1) is 20.3. The van der Waals surface area contributed by atoms with Crippen LogP contribution in [-0.4, -0.2) is 72.7 Å². The van der Waals surface area contributed by atoms with Crippen LogP contribution in [0.15, 0.2) is 0 Å². The van der Waals surface area contributed by atoms with Gasteiger partial charge in [0.15, 0.2) is 0 Å². The molecule has 2 heterocycles. The molecule has 0 aromatic carbocycles. The predicted octanol–water partition coefficient (Wildman–Crippen LogP) is 2.38. The summed E-state index contributed by atoms with van der Waals surface area (Å²) in [4.78, 5) is 30.7. The van der Waals surface area contributed by atoms with E-state index < -0.39 is 18.7 Å². The highest BCUT2D eigenvalue weighted by Gasteiger charge is 2.33. The third kappa shape index (κ3) is 4.57. The third-order valence-electron chi connectivity index (χ3n) is 4.56. The number of amides is 1. The standard InChI is InChI=1S/C17H24F3N3O3/c1-4-12-13(16(25)26-3)11(2)14(21-12)15(24)23-7-5-6-22(8-9-23)10-17(18,19)20/h21H,4-10H2,1-3H3. The van der Waals surface area contributed by atoms with Crippen molar-refractivity contribution in [2.45, 2.75) is 32.9 Å². The second kappa shape index (κ2) is 8.11. The molecule has 1 amide bonds. The van der Waals surface area contributed by atoms with Gasteiger partial charge in [-0.25, -0.2) is 4.79 Å². The van der Waals surface area contributed by atoms with E-state index in [-0.39, 0.29) is 19.0 Å². The van der Waals surface area contributed by atoms with Crippen LogP contribution in [0.5, 0.6) is 0 Å². The molecule has 1 N–H and O–H groups in total. The number of aryl methyl sites for hydroxylation is 1. The van der Waals surface area contributed by atoms with Crippen molar-refractivity contribution in [3.63, 3.8) is 0 Å². The molecule has 1 aromatic heterocycles. The van der Waals surface area contributed by atoms with Gasteiger partial charge in [-0.3, -0.25) is 9.69 Å². The third-order valence-corrected chi connectivity index (χ3v) is 4.56. The van der Waals surface area contributed by atoms with Gasteiger partial charge in [-0.15, -0.1) is 0 Å². The maximum atomic E-state index is 12.9. The van der Waals surface area contributed by atoms with Crippen LogP contribution in [0.25, 0.3) is 0 Å². The predicted molar refractivity (Wildman–Crippen MR) is 89.3 cm³/mol. The Bertz CT molecular complexity index is 670. The Morgan fingerprint density at radius 1 is 1.19 bits per heavy atom. The summed E-state index contributed by atoms with van der Waals surface area (Å²) >= 11 is 0. The van der Waals surface area contributed by atoms with E-state index in [2.05, 4.69) is 4.98 Å². The number of rotatable bonds is 4. The second-order valence-corrected chi connectivity index (χ2v) is 6.36. The molecule has 6 nitrogen and oxygen atoms in total. The van der Waals surface area contributed by atoms with E-state index in [9.17, 15) is 22.8 Å². The molecule has 0 radical (unpaired) electrons. The van der Waals surface area contributed by atoms with Crippen molar-refractivity contribution in [2.75, 3.05) is 39.8 Å². The van der Waals surface area contributed by atoms with Crippen molar-refractivity contribution >= 4 is 11.9 Å². The number of methoxy groups -OCH3 is 1. The first-order valence-electron chi connectivity index (χ1n) is 8.56. The zero-order valence-corrected chi connectivity index (χ0v) is 15.2. The van der Waals surface area contributed by atoms with Gasteiger partial charge in [0, 0.05) is 31.9 Å². The summed E-state index contributed by atoms with van der Waals surface area (Å²) in [5.74, 6) is -0.817. The largest absolute Gasteiger partial charge is 0.465 e. The van der Waals surface area contributed by atoms with Crippen LogP contribution in [0.1, 0.15) is 45.4 Å². The summed E-state index contributed by atoms with van der Waals surface area (Å²) in [5, 5.41) is 0. The second-order valence-electron chi connectivity index (χ2n) is 6.36. The van der Waals surface area contributed by atoms with Crippen LogP contribution in [0.2, 0.25) is 0 Å². The zero-order chi connectivity index (χ0) is 19.5. The van der Waals surface area contributed by atoms with Crippen molar-refractivity contribution in [3.05, 3.63) is 22.5 Å². The Hall–Kier alpha value is -2.03. The zero-order valence-electron chi connectivity index (χ0n) is 15.2. The normalized spacial score (nSPS) is 16.5. The fourth-order valence-corrected chi connectivity index (χ4v) is 3.26. The smallest absolute Gasteiger partial charge is 0.401 e. The van der Waals surface area contributed by atoms with Gasteiger partial charge in [0.25, 0.3) is 5.91 Å². The summed E-state index contributed by atoms with van der Waals surface area (Å²) in [6.07, 6.45) is -3.26. The lowest BCUT2D eigenvalue weighted by Gasteiger charge is -2.22. The molecule has 1 saturated heterocycles. The first-order valence-corrected chi connectivity index (χ1v) is 8.56. The summed E-state index contributed by atoms with van der Waals surface area (Å²) in [6.45, 7) is 3.60. The first-order chi connectivity index (χ1) is 12.2. The van der Waals surface area contributed by atoms with Crippen LogP contribution in [0.3, 0.4) is 0 Å². The lowest BCUT2D eigenvalue weighted by atomic mass is 10.1. The number of nitrogens with one attached hydrogen (secondary N) is 1. The molecule has 1 aromatic rings. The van der Waals surface area contributed by atoms with E-state index in [0.717, 1.165) is 0 Å². The van der Waals surface area contributed by atoms with E-state index in [0.29, 0.717) is 48.4 Å². The molecule has 1 aliphatic rings. The maximum Gasteiger partial charge on any atom is 0.401 e. The SMILES string of the molecule is CCc1[nH]c(C(=O)N2CCCN(CC(F)(F)F)CC2)c(C)c1C(=O)OC. The number of hydrogen-bond acceptors (Lipinski definition) is 4. The monoisotopic (exact) mass is 375 g/mol. The van der Waals surface area contributed by atoms with Crippen LogP contribution in [0.4, 0.5) is 13.2 Å². The average Bonchev–Trinajstić information content (AvgIpc) is 2.74. The number of ether oxygens (including phenoxy) is 1. The average molecular weight is 375 g/mol. The number of carbonyl (C=O) groups is 2. The molecule has 0 unspecified atom stereocenters. The number of aromatic amines is 1. The number of nitrogens with zero attached hydrogens (tertiary/aromatic N) is 2. The van der Waals surface area contributed by atoms with Crippen LogP contribution >= 0.6 is 0 Å². The number of hydrogen-bond donors (Lipinski definition) is 1. The molecule has 146 valence electrons. The lowest BCUT2D eigenvalue weighted by Crippen LogP contribution is -2.38. The van der Waals surface area contributed by atoms with E-state index in [4.69, 9.17) is 4.74 Å². The highest BCUT2D eigenvalue weighted by molar-refractivity contribution is 6.00. The molecule has 2 rings (SSSR count). The van der Waals surface area contributed by atoms with Crippen molar-refractivity contribution in [1.29, 1.82) is 0 Å². The van der Waals surface area contributed by atoms with Crippen LogP contribution < -0.4 is 0 Å². The number of H-pyrrole nitrogens is 1. The lowest BCUT2D eigenvalue weighted by molar-refractivity contribution is -0.145. The number of alkyl halides is 3. The fourth-order valence-electron chi connectivity index (χ4n) is 3.26. The van der Waals surface area contributed by atoms with Gasteiger partial charge in [-0.2, -0.15) is 13.2 Å². The Balaban J connectivity index is 2.16. The summed E-state index contributed by atoms with van der Waals surface area (Å²) < 4.78 is 42.5. The Labute approximate surface area is 150 Å². The quantitative estimate of drug-likeness (QED) is 0.821. The van der Waals surface area contributed by atoms with Gasteiger partial charge >= 0.3 is 12.1 Å². The number of carbonyl (C=O) groups excluding carboxylic acids is 2. The highest BCUT2D eigenvalue weighted by Crippen LogP contribution is 2.23. The van der Waals surface area contributed by atoms with E-state index in [1.807, 2.05) is 6.92 Å². The number of esters is 1. The topological polar surface area (TPSA) is 65.6 Å². The number of halogens is 3. The molecule has 0 bridgehead atoms. The van der Waals surface area contributed by atoms with E-state index in [1.165, 1.54) is 16.9 Å². The Morgan fingerprint density at radius 2 is 1.88 bits per heavy atom. The maximum absolute atomic E-state index is 12.9. The minimum atomic E-state index is -4.25. The molecule has 0 saturated carbocycles. The van der Waals surface area contributed by atoms with E-state index >= 15 is 0 Å². The molecular formula is C17H24F3N3O3. The van der Waals surface area contributed by atoms with Crippen molar-refractivity contribution in [1.82, 2.24) is 14.8 Å². The molecule has 0 spiro atoms. The van der Waals surface area contributed by atoms with Gasteiger partial charge in [-0.1, -0.05) is 6.92 Å². The Morgan fingerprint density at radius 3 is 2.46 bits per heavy atom. The highest BCUT2D eigenvalue weighted by atomic mass is 19.4. The molecule has 1 fully saturated rings. The van der Waals surface area contributed by atoms with Gasteiger partial charge in [-0.05, 0) is 25.3 Å². The molecule has 1 aliphatic heterocycles. The summed E-state index contributed by atoms with van der Waals surface area (Å²) in [6, 6.07) is 0. The van der Waals surface area contributed by atoms with Crippen molar-refractivity contribution < 1.29 is 27.5 Å². The summed E-state index contributed by atoms with van der Waals surface area (Å²) in [5.41, 5.74) is 1.78. The minimum Gasteiger partial charge on any atom is -0.465 e. The molecule has 0 aliphatic carbocycles. The molecule has 9 heteroatoms. The van der Waals surface area contributed by atoms with Crippen LogP contribution in [0, 0.1) is 6.92 Å². The van der Waals surface area contributed by atoms with Gasteiger partial charge in [0.2, 0.25) is 0 Å². The molecular weight excluding hydrogens is 351 g/mol. The number of aromatic nitrogens is 1. The van der Waals surface area contributed by atoms with Crippen molar-refractivity contribution in [2.24, 2.45) is 0 Å². The molecule has 0 atom stereocenters. The Kier molecular flexibility index (Phi) is 6.33. The van der Waals surface area contributed by atoms with Gasteiger partial charge in [0.1, 0.15) is 5.69 Å². The minimum absolute atomic E-state index is 0.162. The van der Waals surface area contributed by atoms with E-state index in [1.54, 1.807) is 6.92 Å². The van der Waals surface area contributed by atoms with Gasteiger partial charge in [0.05, 0.1) is 19.2 Å². The van der Waals surface area contributed by atoms with Gasteiger partial charge < -0.3 is 14.6 Å². The van der Waals surface area contributed by atoms with Crippen LogP contribution in [-0.2, 0) is 11.2 Å². The fraction of sp³-hybridized carbons (Fsp3) is 0.647. The summed E-state index contributed by atoms with van der Waals surface area (Å²) in [7, 11) is 1.28. The molecule has 26 heavy (non-hydrogen) atoms.